The van der Waals surface area contributed by atoms with E-state index < -0.39 is 10.0 Å². The largest absolute Gasteiger partial charge is 0.328 e. The summed E-state index contributed by atoms with van der Waals surface area (Å²) in [5.74, 6) is 0. The van der Waals surface area contributed by atoms with Crippen LogP contribution in [0.1, 0.15) is 25.7 Å². The summed E-state index contributed by atoms with van der Waals surface area (Å²) in [6.07, 6.45) is 3.35. The van der Waals surface area contributed by atoms with Gasteiger partial charge in [0.25, 0.3) is 10.0 Å². The van der Waals surface area contributed by atoms with Crippen LogP contribution in [0.5, 0.6) is 0 Å². The molecule has 0 radical (unpaired) electrons. The molecule has 8 heteroatoms. The van der Waals surface area contributed by atoms with Gasteiger partial charge in [-0.15, -0.1) is 11.3 Å². The first kappa shape index (κ1) is 14.3. The van der Waals surface area contributed by atoms with Gasteiger partial charge in [-0.25, -0.2) is 8.42 Å². The summed E-state index contributed by atoms with van der Waals surface area (Å²) in [5.41, 5.74) is 5.98. The van der Waals surface area contributed by atoms with Crippen LogP contribution in [0.4, 0.5) is 0 Å². The average Bonchev–Trinajstić information content (AvgIpc) is 2.80. The highest BCUT2D eigenvalue weighted by Crippen LogP contribution is 2.42. The maximum atomic E-state index is 12.7. The number of sulfonamides is 1. The van der Waals surface area contributed by atoms with Crippen LogP contribution in [0.3, 0.4) is 0 Å². The SMILES string of the molecule is NC1CC2CCC(C1)N2S(=O)(=O)c1cc(Cl)c(Br)s1. The van der Waals surface area contributed by atoms with Gasteiger partial charge in [-0.2, -0.15) is 4.31 Å². The molecule has 1 aromatic rings. The second-order valence-corrected chi connectivity index (χ2v) is 9.99. The lowest BCUT2D eigenvalue weighted by atomic mass is 10.0. The van der Waals surface area contributed by atoms with E-state index >= 15 is 0 Å². The lowest BCUT2D eigenvalue weighted by Crippen LogP contribution is -2.49. The van der Waals surface area contributed by atoms with Crippen LogP contribution in [0.2, 0.25) is 5.02 Å². The van der Waals surface area contributed by atoms with E-state index in [0.29, 0.717) is 13.0 Å². The van der Waals surface area contributed by atoms with E-state index in [-0.39, 0.29) is 18.1 Å². The quantitative estimate of drug-likeness (QED) is 0.851. The Kier molecular flexibility index (Phi) is 3.73. The molecule has 0 amide bonds. The fraction of sp³-hybridized carbons (Fsp3) is 0.636. The van der Waals surface area contributed by atoms with Gasteiger partial charge in [0.1, 0.15) is 4.21 Å². The summed E-state index contributed by atoms with van der Waals surface area (Å²) in [5, 5.41) is 0.449. The molecule has 0 aromatic carbocycles. The second kappa shape index (κ2) is 4.96. The molecule has 19 heavy (non-hydrogen) atoms. The Balaban J connectivity index is 1.97. The van der Waals surface area contributed by atoms with Crippen LogP contribution >= 0.6 is 38.9 Å². The van der Waals surface area contributed by atoms with E-state index in [2.05, 4.69) is 15.9 Å². The van der Waals surface area contributed by atoms with Crippen LogP contribution in [0.15, 0.2) is 14.1 Å². The molecule has 4 nitrogen and oxygen atoms in total. The standard InChI is InChI=1S/C11H14BrClN2O2S2/c12-11-9(13)5-10(18-11)19(16,17)15-7-1-2-8(15)4-6(14)3-7/h5-8H,1-4,14H2. The molecule has 2 N–H and O–H groups in total. The van der Waals surface area contributed by atoms with Gasteiger partial charge < -0.3 is 5.73 Å². The van der Waals surface area contributed by atoms with Crippen molar-refractivity contribution >= 4 is 48.9 Å². The highest BCUT2D eigenvalue weighted by Gasteiger charge is 2.46. The Morgan fingerprint density at radius 3 is 2.42 bits per heavy atom. The number of hydrogen-bond acceptors (Lipinski definition) is 4. The van der Waals surface area contributed by atoms with Crippen molar-refractivity contribution in [1.29, 1.82) is 0 Å². The van der Waals surface area contributed by atoms with Gasteiger partial charge in [-0.05, 0) is 47.7 Å². The third-order valence-corrected chi connectivity index (χ3v) is 8.79. The normalized spacial score (nSPS) is 31.8. The van der Waals surface area contributed by atoms with Crippen molar-refractivity contribution in [2.24, 2.45) is 5.73 Å². The maximum absolute atomic E-state index is 12.7. The van der Waals surface area contributed by atoms with Crippen molar-refractivity contribution in [3.05, 3.63) is 14.9 Å². The Morgan fingerprint density at radius 1 is 1.37 bits per heavy atom. The van der Waals surface area contributed by atoms with Gasteiger partial charge >= 0.3 is 0 Å². The second-order valence-electron chi connectivity index (χ2n) is 5.14. The van der Waals surface area contributed by atoms with Gasteiger partial charge in [-0.1, -0.05) is 11.6 Å². The Labute approximate surface area is 130 Å². The molecule has 2 fully saturated rings. The number of halogens is 2. The Hall–Kier alpha value is 0.340. The molecular weight excluding hydrogens is 372 g/mol. The topological polar surface area (TPSA) is 63.4 Å². The predicted octanol–water partition coefficient (Wildman–Crippen LogP) is 2.81. The maximum Gasteiger partial charge on any atom is 0.253 e. The summed E-state index contributed by atoms with van der Waals surface area (Å²) in [4.78, 5) is 0. The minimum Gasteiger partial charge on any atom is -0.328 e. The molecule has 2 unspecified atom stereocenters. The minimum atomic E-state index is -3.44. The molecule has 3 heterocycles. The molecule has 2 aliphatic heterocycles. The van der Waals surface area contributed by atoms with E-state index in [1.54, 1.807) is 4.31 Å². The third kappa shape index (κ3) is 2.38. The van der Waals surface area contributed by atoms with Gasteiger partial charge in [0.05, 0.1) is 8.81 Å². The first-order chi connectivity index (χ1) is 8.89. The molecular formula is C11H14BrClN2O2S2. The van der Waals surface area contributed by atoms with Gasteiger partial charge in [0, 0.05) is 18.1 Å². The number of rotatable bonds is 2. The summed E-state index contributed by atoms with van der Waals surface area (Å²) >= 11 is 10.4. The molecule has 0 spiro atoms. The van der Waals surface area contributed by atoms with Crippen LogP contribution < -0.4 is 5.73 Å². The molecule has 1 aromatic heterocycles. The number of fused-ring (bicyclic) bond motifs is 2. The van der Waals surface area contributed by atoms with Crippen LogP contribution in [0, 0.1) is 0 Å². The fourth-order valence-corrected chi connectivity index (χ4v) is 7.52. The van der Waals surface area contributed by atoms with Crippen molar-refractivity contribution in [3.8, 4) is 0 Å². The fourth-order valence-electron chi connectivity index (χ4n) is 3.13. The molecule has 0 saturated carbocycles. The molecule has 0 aliphatic carbocycles. The Bertz CT molecular complexity index is 570. The van der Waals surface area contributed by atoms with Gasteiger partial charge in [-0.3, -0.25) is 0 Å². The van der Waals surface area contributed by atoms with Crippen LogP contribution in [-0.4, -0.2) is 30.8 Å². The molecule has 2 atom stereocenters. The van der Waals surface area contributed by atoms with Crippen molar-refractivity contribution in [1.82, 2.24) is 4.31 Å². The summed E-state index contributed by atoms with van der Waals surface area (Å²) in [6, 6.07) is 1.76. The molecule has 106 valence electrons. The average molecular weight is 386 g/mol. The first-order valence-electron chi connectivity index (χ1n) is 6.13. The van der Waals surface area contributed by atoms with E-state index in [1.165, 1.54) is 17.4 Å². The zero-order chi connectivity index (χ0) is 13.8. The molecule has 2 aliphatic rings. The van der Waals surface area contributed by atoms with Crippen molar-refractivity contribution in [2.45, 2.75) is 48.0 Å². The lowest BCUT2D eigenvalue weighted by Gasteiger charge is -2.36. The number of nitrogens with zero attached hydrogens (tertiary/aromatic N) is 1. The summed E-state index contributed by atoms with van der Waals surface area (Å²) in [6.45, 7) is 0. The smallest absolute Gasteiger partial charge is 0.253 e. The van der Waals surface area contributed by atoms with E-state index in [9.17, 15) is 8.42 Å². The van der Waals surface area contributed by atoms with E-state index in [0.717, 1.165) is 25.7 Å². The highest BCUT2D eigenvalue weighted by molar-refractivity contribution is 9.11. The zero-order valence-corrected chi connectivity index (χ0v) is 14.0. The Morgan fingerprint density at radius 2 is 1.95 bits per heavy atom. The van der Waals surface area contributed by atoms with Crippen molar-refractivity contribution < 1.29 is 8.42 Å². The van der Waals surface area contributed by atoms with E-state index in [1.807, 2.05) is 0 Å². The van der Waals surface area contributed by atoms with Crippen molar-refractivity contribution in [2.75, 3.05) is 0 Å². The number of nitrogens with two attached hydrogens (primary N) is 1. The first-order valence-corrected chi connectivity index (χ1v) is 9.56. The van der Waals surface area contributed by atoms with Crippen molar-refractivity contribution in [3.63, 3.8) is 0 Å². The lowest BCUT2D eigenvalue weighted by molar-refractivity contribution is 0.227. The van der Waals surface area contributed by atoms with Crippen LogP contribution in [0.25, 0.3) is 0 Å². The zero-order valence-electron chi connectivity index (χ0n) is 10.1. The molecule has 3 rings (SSSR count). The minimum absolute atomic E-state index is 0.0541. The summed E-state index contributed by atoms with van der Waals surface area (Å²) < 4.78 is 28.1. The van der Waals surface area contributed by atoms with E-state index in [4.69, 9.17) is 17.3 Å². The highest BCUT2D eigenvalue weighted by atomic mass is 79.9. The molecule has 2 bridgehead atoms. The number of thiophene rings is 1. The molecule has 2 saturated heterocycles. The third-order valence-electron chi connectivity index (χ3n) is 3.86. The monoisotopic (exact) mass is 384 g/mol. The number of piperidine rings is 1. The summed E-state index contributed by atoms with van der Waals surface area (Å²) in [7, 11) is -3.44. The van der Waals surface area contributed by atoms with Gasteiger partial charge in [0.15, 0.2) is 0 Å². The van der Waals surface area contributed by atoms with Gasteiger partial charge in [0.2, 0.25) is 0 Å². The number of hydrogen-bond donors (Lipinski definition) is 1. The van der Waals surface area contributed by atoms with Crippen LogP contribution in [-0.2, 0) is 10.0 Å². The predicted molar refractivity (Wildman–Crippen MR) is 80.1 cm³/mol.